The molecule has 1 saturated heterocycles. The molecule has 0 radical (unpaired) electrons. The van der Waals surface area contributed by atoms with Crippen molar-refractivity contribution in [2.75, 3.05) is 23.7 Å². The van der Waals surface area contributed by atoms with E-state index in [1.807, 2.05) is 43.3 Å². The van der Waals surface area contributed by atoms with Gasteiger partial charge in [-0.1, -0.05) is 30.3 Å². The molecule has 2 atom stereocenters. The number of likely N-dealkylation sites (tertiary alicyclic amines) is 1. The zero-order valence-corrected chi connectivity index (χ0v) is 23.5. The number of hydrogen-bond acceptors (Lipinski definition) is 4. The number of amides is 2. The number of nitrogens with zero attached hydrogens (tertiary/aromatic N) is 1. The smallest absolute Gasteiger partial charge is 0.389 e. The lowest BCUT2D eigenvalue weighted by molar-refractivity contribution is -0.143. The van der Waals surface area contributed by atoms with Crippen molar-refractivity contribution in [3.8, 4) is 11.1 Å². The number of aliphatic carboxylic acids is 1. The van der Waals surface area contributed by atoms with Crippen molar-refractivity contribution in [1.29, 1.82) is 0 Å². The number of nitrogens with one attached hydrogen (secondary N) is 2. The maximum atomic E-state index is 13.2. The Morgan fingerprint density at radius 3 is 2.36 bits per heavy atom. The zero-order chi connectivity index (χ0) is 30.4. The number of anilines is 2. The van der Waals surface area contributed by atoms with E-state index in [4.69, 9.17) is 0 Å². The van der Waals surface area contributed by atoms with E-state index in [1.165, 1.54) is 11.8 Å². The van der Waals surface area contributed by atoms with Gasteiger partial charge < -0.3 is 20.6 Å². The number of benzene rings is 3. The summed E-state index contributed by atoms with van der Waals surface area (Å²) in [6, 6.07) is 18.8. The average Bonchev–Trinajstić information content (AvgIpc) is 2.94. The molecule has 42 heavy (non-hydrogen) atoms. The third kappa shape index (κ3) is 8.11. The largest absolute Gasteiger partial charge is 0.481 e. The second-order valence-corrected chi connectivity index (χ2v) is 10.7. The van der Waals surface area contributed by atoms with Crippen LogP contribution in [-0.2, 0) is 9.59 Å². The summed E-state index contributed by atoms with van der Waals surface area (Å²) in [5.41, 5.74) is 4.85. The van der Waals surface area contributed by atoms with Gasteiger partial charge in [-0.25, -0.2) is 0 Å². The molecule has 222 valence electrons. The lowest BCUT2D eigenvalue weighted by atomic mass is 9.93. The van der Waals surface area contributed by atoms with Crippen molar-refractivity contribution in [3.63, 3.8) is 0 Å². The van der Waals surface area contributed by atoms with E-state index in [0.29, 0.717) is 41.9 Å². The number of carboxylic acid groups (broad SMARTS) is 1. The van der Waals surface area contributed by atoms with E-state index < -0.39 is 30.5 Å². The van der Waals surface area contributed by atoms with Gasteiger partial charge in [0.25, 0.3) is 5.91 Å². The SMILES string of the molecule is CC(=O)Nc1cccc(-c2ccc(C(CCC(F)(F)F)Nc3ccc(C(=O)N4CCC[C@@H](C(=O)O)C4)cc3)c(C)c2)c1. The van der Waals surface area contributed by atoms with Gasteiger partial charge in [-0.05, 0) is 84.8 Å². The number of alkyl halides is 3. The summed E-state index contributed by atoms with van der Waals surface area (Å²) >= 11 is 0. The first-order valence-corrected chi connectivity index (χ1v) is 13.8. The van der Waals surface area contributed by atoms with Gasteiger partial charge in [-0.3, -0.25) is 14.4 Å². The van der Waals surface area contributed by atoms with Crippen LogP contribution in [0.1, 0.15) is 60.1 Å². The van der Waals surface area contributed by atoms with E-state index in [2.05, 4.69) is 10.6 Å². The molecule has 0 bridgehead atoms. The Balaban J connectivity index is 1.53. The van der Waals surface area contributed by atoms with Crippen molar-refractivity contribution in [2.45, 2.75) is 51.7 Å². The van der Waals surface area contributed by atoms with Crippen LogP contribution in [0.5, 0.6) is 0 Å². The molecule has 1 aliphatic heterocycles. The van der Waals surface area contributed by atoms with Crippen LogP contribution in [0.4, 0.5) is 24.5 Å². The van der Waals surface area contributed by atoms with Crippen LogP contribution in [0, 0.1) is 12.8 Å². The fourth-order valence-corrected chi connectivity index (χ4v) is 5.30. The minimum atomic E-state index is -4.32. The zero-order valence-electron chi connectivity index (χ0n) is 23.5. The Morgan fingerprint density at radius 1 is 1.00 bits per heavy atom. The number of rotatable bonds is 9. The monoisotopic (exact) mass is 581 g/mol. The van der Waals surface area contributed by atoms with E-state index in [0.717, 1.165) is 16.7 Å². The molecule has 3 aromatic rings. The standard InChI is InChI=1S/C32H34F3N3O4/c1-20-17-24(23-5-3-7-27(18-23)36-21(2)39)10-13-28(20)29(14-15-32(33,34)35)37-26-11-8-22(9-12-26)30(40)38-16-4-6-25(19-38)31(41)42/h3,5,7-13,17-18,25,29,37H,4,6,14-16,19H2,1-2H3,(H,36,39)(H,41,42)/t25-,29?/m1/s1. The highest BCUT2D eigenvalue weighted by atomic mass is 19.4. The van der Waals surface area contributed by atoms with Gasteiger partial charge in [-0.15, -0.1) is 0 Å². The third-order valence-electron chi connectivity index (χ3n) is 7.41. The van der Waals surface area contributed by atoms with E-state index >= 15 is 0 Å². The van der Waals surface area contributed by atoms with Gasteiger partial charge in [0, 0.05) is 43.4 Å². The lowest BCUT2D eigenvalue weighted by Crippen LogP contribution is -2.42. The summed E-state index contributed by atoms with van der Waals surface area (Å²) in [5, 5.41) is 15.3. The molecular formula is C32H34F3N3O4. The van der Waals surface area contributed by atoms with Crippen LogP contribution in [-0.4, -0.2) is 47.1 Å². The number of carbonyl (C=O) groups excluding carboxylic acids is 2. The van der Waals surface area contributed by atoms with Crippen LogP contribution >= 0.6 is 0 Å². The number of halogens is 3. The van der Waals surface area contributed by atoms with E-state index in [1.54, 1.807) is 30.3 Å². The van der Waals surface area contributed by atoms with Crippen molar-refractivity contribution >= 4 is 29.2 Å². The predicted molar refractivity (Wildman–Crippen MR) is 155 cm³/mol. The Bertz CT molecular complexity index is 1440. The molecule has 1 unspecified atom stereocenters. The Morgan fingerprint density at radius 2 is 1.71 bits per heavy atom. The minimum Gasteiger partial charge on any atom is -0.481 e. The summed E-state index contributed by atoms with van der Waals surface area (Å²) in [6.07, 6.45) is -4.34. The fourth-order valence-electron chi connectivity index (χ4n) is 5.30. The molecule has 1 heterocycles. The molecule has 3 N–H and O–H groups in total. The van der Waals surface area contributed by atoms with E-state index in [-0.39, 0.29) is 24.8 Å². The first-order chi connectivity index (χ1) is 19.9. The van der Waals surface area contributed by atoms with Gasteiger partial charge >= 0.3 is 12.1 Å². The quantitative estimate of drug-likeness (QED) is 0.252. The lowest BCUT2D eigenvalue weighted by Gasteiger charge is -2.30. The molecule has 0 spiro atoms. The summed E-state index contributed by atoms with van der Waals surface area (Å²) in [5.74, 6) is -1.96. The molecular weight excluding hydrogens is 547 g/mol. The summed E-state index contributed by atoms with van der Waals surface area (Å²) in [4.78, 5) is 37.3. The molecule has 3 aromatic carbocycles. The Labute approximate surface area is 242 Å². The van der Waals surface area contributed by atoms with Crippen LogP contribution in [0.2, 0.25) is 0 Å². The molecule has 2 amide bonds. The Kier molecular flexibility index (Phi) is 9.55. The van der Waals surface area contributed by atoms with Crippen LogP contribution in [0.3, 0.4) is 0 Å². The predicted octanol–water partition coefficient (Wildman–Crippen LogP) is 7.05. The normalized spacial score (nSPS) is 16.0. The summed E-state index contributed by atoms with van der Waals surface area (Å²) < 4.78 is 39.7. The van der Waals surface area contributed by atoms with Crippen molar-refractivity contribution in [1.82, 2.24) is 4.90 Å². The van der Waals surface area contributed by atoms with Gasteiger partial charge in [0.1, 0.15) is 0 Å². The van der Waals surface area contributed by atoms with Gasteiger partial charge in [0.2, 0.25) is 5.91 Å². The van der Waals surface area contributed by atoms with Gasteiger partial charge in [0.15, 0.2) is 0 Å². The van der Waals surface area contributed by atoms with Crippen molar-refractivity contribution < 1.29 is 32.7 Å². The van der Waals surface area contributed by atoms with E-state index in [9.17, 15) is 32.7 Å². The number of piperidine rings is 1. The molecule has 4 rings (SSSR count). The topological polar surface area (TPSA) is 98.7 Å². The first kappa shape index (κ1) is 30.6. The van der Waals surface area contributed by atoms with Crippen LogP contribution in [0.25, 0.3) is 11.1 Å². The number of hydrogen-bond donors (Lipinski definition) is 3. The second-order valence-electron chi connectivity index (χ2n) is 10.7. The Hall–Kier alpha value is -4.34. The van der Waals surface area contributed by atoms with Crippen molar-refractivity contribution in [3.05, 3.63) is 83.4 Å². The third-order valence-corrected chi connectivity index (χ3v) is 7.41. The summed E-state index contributed by atoms with van der Waals surface area (Å²) in [6.45, 7) is 3.91. The molecule has 0 aromatic heterocycles. The molecule has 0 saturated carbocycles. The van der Waals surface area contributed by atoms with Gasteiger partial charge in [-0.2, -0.15) is 13.2 Å². The highest BCUT2D eigenvalue weighted by molar-refractivity contribution is 5.95. The van der Waals surface area contributed by atoms with Crippen molar-refractivity contribution in [2.24, 2.45) is 5.92 Å². The van der Waals surface area contributed by atoms with Crippen LogP contribution < -0.4 is 10.6 Å². The minimum absolute atomic E-state index is 0.153. The molecule has 7 nitrogen and oxygen atoms in total. The average molecular weight is 582 g/mol. The molecule has 1 fully saturated rings. The molecule has 0 aliphatic carbocycles. The second kappa shape index (κ2) is 13.1. The number of carbonyl (C=O) groups is 3. The fraction of sp³-hybridized carbons (Fsp3) is 0.344. The van der Waals surface area contributed by atoms with Gasteiger partial charge in [0.05, 0.1) is 12.0 Å². The molecule has 10 heteroatoms. The number of aryl methyl sites for hydroxylation is 1. The number of carboxylic acids is 1. The highest BCUT2D eigenvalue weighted by Crippen LogP contribution is 2.34. The molecule has 1 aliphatic rings. The van der Waals surface area contributed by atoms with Crippen LogP contribution in [0.15, 0.2) is 66.7 Å². The maximum Gasteiger partial charge on any atom is 0.389 e. The summed E-state index contributed by atoms with van der Waals surface area (Å²) in [7, 11) is 0. The maximum absolute atomic E-state index is 13.2. The highest BCUT2D eigenvalue weighted by Gasteiger charge is 2.30. The first-order valence-electron chi connectivity index (χ1n) is 13.8.